The molecule has 1 saturated heterocycles. The molecule has 32 heavy (non-hydrogen) atoms. The number of carbonyl (C=O) groups is 1. The van der Waals surface area contributed by atoms with Crippen LogP contribution in [0, 0.1) is 0 Å². The third-order valence-electron chi connectivity index (χ3n) is 5.08. The number of carbonyl (C=O) groups excluding carboxylic acids is 1. The summed E-state index contributed by atoms with van der Waals surface area (Å²) in [5, 5.41) is 7.60. The Morgan fingerprint density at radius 1 is 1.09 bits per heavy atom. The minimum Gasteiger partial charge on any atom is -0.367 e. The van der Waals surface area contributed by atoms with Gasteiger partial charge < -0.3 is 9.80 Å². The third kappa shape index (κ3) is 4.49. The van der Waals surface area contributed by atoms with Crippen molar-refractivity contribution in [1.29, 1.82) is 0 Å². The molecule has 1 amide bonds. The second-order valence-electron chi connectivity index (χ2n) is 7.11. The van der Waals surface area contributed by atoms with Gasteiger partial charge in [0.05, 0.1) is 23.0 Å². The van der Waals surface area contributed by atoms with Crippen molar-refractivity contribution < 1.29 is 18.0 Å². The van der Waals surface area contributed by atoms with Crippen LogP contribution in [-0.2, 0) is 6.18 Å². The maximum atomic E-state index is 12.7. The fraction of sp³-hybridized carbons (Fsp3) is 0.300. The number of hydrogen-bond donors (Lipinski definition) is 0. The Hall–Kier alpha value is -2.92. The van der Waals surface area contributed by atoms with Gasteiger partial charge in [0.25, 0.3) is 11.5 Å². The molecule has 0 aromatic carbocycles. The molecule has 3 aromatic heterocycles. The molecule has 7 nitrogen and oxygen atoms in total. The Morgan fingerprint density at radius 3 is 2.56 bits per heavy atom. The summed E-state index contributed by atoms with van der Waals surface area (Å²) < 4.78 is 39.1. The lowest BCUT2D eigenvalue weighted by Crippen LogP contribution is -2.35. The number of nitrogens with zero attached hydrogens (tertiary/aromatic N) is 5. The fourth-order valence-electron chi connectivity index (χ4n) is 3.42. The zero-order valence-electron chi connectivity index (χ0n) is 16.5. The zero-order chi connectivity index (χ0) is 22.9. The van der Waals surface area contributed by atoms with E-state index in [1.165, 1.54) is 17.5 Å². The lowest BCUT2D eigenvalue weighted by atomic mass is 10.3. The van der Waals surface area contributed by atoms with Gasteiger partial charge in [0.1, 0.15) is 5.02 Å². The largest absolute Gasteiger partial charge is 0.417 e. The van der Waals surface area contributed by atoms with E-state index in [0.717, 1.165) is 16.8 Å². The molecular formula is C20H17ClF3N5O2S. The summed E-state index contributed by atoms with van der Waals surface area (Å²) in [7, 11) is 0. The van der Waals surface area contributed by atoms with Crippen molar-refractivity contribution in [2.75, 3.05) is 31.1 Å². The first kappa shape index (κ1) is 22.3. The topological polar surface area (TPSA) is 71.3 Å². The molecule has 0 radical (unpaired) electrons. The Kier molecular flexibility index (Phi) is 6.20. The van der Waals surface area contributed by atoms with E-state index in [9.17, 15) is 22.8 Å². The first-order valence-corrected chi connectivity index (χ1v) is 11.0. The van der Waals surface area contributed by atoms with Crippen LogP contribution in [0.3, 0.4) is 0 Å². The third-order valence-corrected chi connectivity index (χ3v) is 6.12. The molecule has 0 atom stereocenters. The van der Waals surface area contributed by atoms with Gasteiger partial charge in [-0.2, -0.15) is 34.3 Å². The van der Waals surface area contributed by atoms with E-state index in [-0.39, 0.29) is 16.7 Å². The monoisotopic (exact) mass is 483 g/mol. The van der Waals surface area contributed by atoms with Crippen LogP contribution in [0.1, 0.15) is 22.3 Å². The number of alkyl halides is 3. The van der Waals surface area contributed by atoms with Crippen molar-refractivity contribution in [2.24, 2.45) is 0 Å². The van der Waals surface area contributed by atoms with Crippen molar-refractivity contribution in [3.63, 3.8) is 0 Å². The van der Waals surface area contributed by atoms with Gasteiger partial charge in [-0.25, -0.2) is 4.98 Å². The van der Waals surface area contributed by atoms with E-state index in [0.29, 0.717) is 50.0 Å². The van der Waals surface area contributed by atoms with Gasteiger partial charge in [0.15, 0.2) is 5.82 Å². The molecule has 4 heterocycles. The number of rotatable bonds is 3. The Labute approximate surface area is 189 Å². The van der Waals surface area contributed by atoms with Crippen LogP contribution >= 0.6 is 22.9 Å². The number of hydrogen-bond acceptors (Lipinski definition) is 6. The van der Waals surface area contributed by atoms with Crippen LogP contribution in [0.5, 0.6) is 0 Å². The van der Waals surface area contributed by atoms with Gasteiger partial charge in [0, 0.05) is 37.8 Å². The van der Waals surface area contributed by atoms with Crippen molar-refractivity contribution in [3.8, 4) is 5.82 Å². The molecule has 3 aromatic rings. The smallest absolute Gasteiger partial charge is 0.367 e. The predicted octanol–water partition coefficient (Wildman–Crippen LogP) is 3.71. The minimum absolute atomic E-state index is 0.0406. The zero-order valence-corrected chi connectivity index (χ0v) is 18.1. The molecule has 168 valence electrons. The van der Waals surface area contributed by atoms with Gasteiger partial charge >= 0.3 is 6.18 Å². The molecule has 0 unspecified atom stereocenters. The van der Waals surface area contributed by atoms with Crippen LogP contribution in [0.25, 0.3) is 5.82 Å². The number of anilines is 1. The standard InChI is InChI=1S/C20H17ClF3N5O2S/c21-17-15(27-5-1-6-28(8-7-27)18(30)13-4-9-32-12-13)11-26-29(19(17)31)16-3-2-14(10-25-16)20(22,23)24/h2-4,9-12H,1,5-8H2. The van der Waals surface area contributed by atoms with Crippen LogP contribution in [-0.4, -0.2) is 51.8 Å². The summed E-state index contributed by atoms with van der Waals surface area (Å²) in [6.45, 7) is 2.05. The highest BCUT2D eigenvalue weighted by Gasteiger charge is 2.31. The predicted molar refractivity (Wildman–Crippen MR) is 115 cm³/mol. The number of aromatic nitrogens is 3. The maximum absolute atomic E-state index is 12.7. The molecule has 1 aliphatic rings. The molecule has 1 fully saturated rings. The van der Waals surface area contributed by atoms with E-state index >= 15 is 0 Å². The Bertz CT molecular complexity index is 1170. The van der Waals surface area contributed by atoms with Crippen LogP contribution in [0.2, 0.25) is 5.02 Å². The summed E-state index contributed by atoms with van der Waals surface area (Å²) in [5.74, 6) is -0.110. The SMILES string of the molecule is O=C(c1ccsc1)N1CCCN(c2cnn(-c3ccc(C(F)(F)F)cn3)c(=O)c2Cl)CC1. The van der Waals surface area contributed by atoms with E-state index in [1.54, 1.807) is 16.3 Å². The molecular weight excluding hydrogens is 467 g/mol. The van der Waals surface area contributed by atoms with Gasteiger partial charge in [-0.1, -0.05) is 11.6 Å². The summed E-state index contributed by atoms with van der Waals surface area (Å²) in [5.41, 5.74) is -0.561. The van der Waals surface area contributed by atoms with Crippen LogP contribution in [0.15, 0.2) is 46.1 Å². The summed E-state index contributed by atoms with van der Waals surface area (Å²) in [6, 6.07) is 3.67. The molecule has 0 bridgehead atoms. The van der Waals surface area contributed by atoms with Crippen LogP contribution in [0.4, 0.5) is 18.9 Å². The van der Waals surface area contributed by atoms with Crippen molar-refractivity contribution in [2.45, 2.75) is 12.6 Å². The molecule has 0 aliphatic carbocycles. The number of pyridine rings is 1. The number of thiophene rings is 1. The molecule has 4 rings (SSSR count). The average molecular weight is 484 g/mol. The van der Waals surface area contributed by atoms with Gasteiger partial charge in [-0.3, -0.25) is 9.59 Å². The number of halogens is 4. The quantitative estimate of drug-likeness (QED) is 0.568. The van der Waals surface area contributed by atoms with Gasteiger partial charge in [-0.15, -0.1) is 0 Å². The van der Waals surface area contributed by atoms with E-state index in [1.807, 2.05) is 10.3 Å². The van der Waals surface area contributed by atoms with Crippen molar-refractivity contribution in [3.05, 3.63) is 67.9 Å². The van der Waals surface area contributed by atoms with E-state index in [4.69, 9.17) is 11.6 Å². The van der Waals surface area contributed by atoms with Crippen molar-refractivity contribution in [1.82, 2.24) is 19.7 Å². The second kappa shape index (κ2) is 8.91. The lowest BCUT2D eigenvalue weighted by molar-refractivity contribution is -0.137. The first-order chi connectivity index (χ1) is 15.3. The fourth-order valence-corrected chi connectivity index (χ4v) is 4.30. The van der Waals surface area contributed by atoms with Gasteiger partial charge in [-0.05, 0) is 30.0 Å². The highest BCUT2D eigenvalue weighted by Crippen LogP contribution is 2.29. The Morgan fingerprint density at radius 2 is 1.91 bits per heavy atom. The minimum atomic E-state index is -4.53. The van der Waals surface area contributed by atoms with E-state index in [2.05, 4.69) is 10.1 Å². The molecule has 0 N–H and O–H groups in total. The van der Waals surface area contributed by atoms with Crippen molar-refractivity contribution >= 4 is 34.5 Å². The molecule has 1 aliphatic heterocycles. The van der Waals surface area contributed by atoms with Gasteiger partial charge in [0.2, 0.25) is 0 Å². The maximum Gasteiger partial charge on any atom is 0.417 e. The normalized spacial score (nSPS) is 15.0. The molecule has 0 saturated carbocycles. The lowest BCUT2D eigenvalue weighted by Gasteiger charge is -2.24. The second-order valence-corrected chi connectivity index (χ2v) is 8.27. The Balaban J connectivity index is 1.53. The summed E-state index contributed by atoms with van der Waals surface area (Å²) >= 11 is 7.77. The average Bonchev–Trinajstić information content (AvgIpc) is 3.20. The molecule has 0 spiro atoms. The number of amides is 1. The molecule has 12 heteroatoms. The van der Waals surface area contributed by atoms with Crippen LogP contribution < -0.4 is 10.5 Å². The first-order valence-electron chi connectivity index (χ1n) is 9.63. The van der Waals surface area contributed by atoms with E-state index < -0.39 is 17.3 Å². The highest BCUT2D eigenvalue weighted by molar-refractivity contribution is 7.08. The summed E-state index contributed by atoms with van der Waals surface area (Å²) in [6.07, 6.45) is -1.83. The summed E-state index contributed by atoms with van der Waals surface area (Å²) in [4.78, 5) is 32.7. The highest BCUT2D eigenvalue weighted by atomic mass is 35.5.